The molecule has 23 heavy (non-hydrogen) atoms. The zero-order chi connectivity index (χ0) is 16.4. The summed E-state index contributed by atoms with van der Waals surface area (Å²) in [6.07, 6.45) is 3.74. The van der Waals surface area contributed by atoms with E-state index in [1.807, 2.05) is 24.3 Å². The summed E-state index contributed by atoms with van der Waals surface area (Å²) in [6, 6.07) is 9.80. The van der Waals surface area contributed by atoms with Gasteiger partial charge in [-0.15, -0.1) is 0 Å². The Morgan fingerprint density at radius 1 is 1.13 bits per heavy atom. The van der Waals surface area contributed by atoms with E-state index in [2.05, 4.69) is 31.8 Å². The standard InChI is InChI=1S/C19H23NO3/c1-19(2,3)23-17-10-9-15-14(17)6-5-7-16(15)22-18-11-8-13(21-4)12-20-18/h5-8,11-12,17H,9-10H2,1-4H3. The summed E-state index contributed by atoms with van der Waals surface area (Å²) in [7, 11) is 1.62. The van der Waals surface area contributed by atoms with Crippen LogP contribution in [0.2, 0.25) is 0 Å². The van der Waals surface area contributed by atoms with Crippen LogP contribution in [0.4, 0.5) is 0 Å². The van der Waals surface area contributed by atoms with Gasteiger partial charge < -0.3 is 14.2 Å². The van der Waals surface area contributed by atoms with Crippen molar-refractivity contribution in [2.75, 3.05) is 7.11 Å². The Balaban J connectivity index is 1.82. The van der Waals surface area contributed by atoms with E-state index in [-0.39, 0.29) is 11.7 Å². The molecule has 4 nitrogen and oxygen atoms in total. The molecule has 1 aliphatic carbocycles. The molecule has 1 heterocycles. The molecule has 0 spiro atoms. The van der Waals surface area contributed by atoms with Crippen molar-refractivity contribution in [1.82, 2.24) is 4.98 Å². The molecule has 3 rings (SSSR count). The summed E-state index contributed by atoms with van der Waals surface area (Å²) >= 11 is 0. The average Bonchev–Trinajstić information content (AvgIpc) is 2.90. The van der Waals surface area contributed by atoms with Crippen LogP contribution in [-0.2, 0) is 11.2 Å². The lowest BCUT2D eigenvalue weighted by atomic mass is 10.1. The van der Waals surface area contributed by atoms with Crippen LogP contribution >= 0.6 is 0 Å². The van der Waals surface area contributed by atoms with Crippen LogP contribution in [-0.4, -0.2) is 17.7 Å². The highest BCUT2D eigenvalue weighted by molar-refractivity contribution is 5.46. The highest BCUT2D eigenvalue weighted by atomic mass is 16.5. The molecule has 1 aliphatic rings. The Labute approximate surface area is 137 Å². The largest absolute Gasteiger partial charge is 0.495 e. The molecular weight excluding hydrogens is 290 g/mol. The Morgan fingerprint density at radius 2 is 1.96 bits per heavy atom. The van der Waals surface area contributed by atoms with Crippen molar-refractivity contribution in [2.24, 2.45) is 0 Å². The summed E-state index contributed by atoms with van der Waals surface area (Å²) in [4.78, 5) is 4.27. The number of pyridine rings is 1. The number of aromatic nitrogens is 1. The fraction of sp³-hybridized carbons (Fsp3) is 0.421. The summed E-state index contributed by atoms with van der Waals surface area (Å²) in [6.45, 7) is 6.27. The fourth-order valence-electron chi connectivity index (χ4n) is 2.89. The van der Waals surface area contributed by atoms with E-state index in [9.17, 15) is 0 Å². The van der Waals surface area contributed by atoms with Crippen LogP contribution < -0.4 is 9.47 Å². The number of hydrogen-bond donors (Lipinski definition) is 0. The number of hydrogen-bond acceptors (Lipinski definition) is 4. The van der Waals surface area contributed by atoms with Gasteiger partial charge in [-0.1, -0.05) is 12.1 Å². The first-order valence-electron chi connectivity index (χ1n) is 7.94. The Bertz CT molecular complexity index is 674. The third-order valence-electron chi connectivity index (χ3n) is 3.83. The maximum atomic E-state index is 6.17. The summed E-state index contributed by atoms with van der Waals surface area (Å²) in [5.74, 6) is 2.15. The molecule has 1 aromatic carbocycles. The van der Waals surface area contributed by atoms with Crippen LogP contribution in [0.25, 0.3) is 0 Å². The van der Waals surface area contributed by atoms with E-state index >= 15 is 0 Å². The van der Waals surface area contributed by atoms with Gasteiger partial charge in [-0.3, -0.25) is 0 Å². The van der Waals surface area contributed by atoms with Gasteiger partial charge in [0.15, 0.2) is 0 Å². The fourth-order valence-corrected chi connectivity index (χ4v) is 2.89. The number of benzene rings is 1. The molecule has 0 fully saturated rings. The smallest absolute Gasteiger partial charge is 0.219 e. The minimum Gasteiger partial charge on any atom is -0.495 e. The minimum atomic E-state index is -0.152. The van der Waals surface area contributed by atoms with Gasteiger partial charge in [-0.2, -0.15) is 0 Å². The van der Waals surface area contributed by atoms with E-state index in [4.69, 9.17) is 14.2 Å². The molecular formula is C19H23NO3. The van der Waals surface area contributed by atoms with E-state index in [1.165, 1.54) is 11.1 Å². The predicted octanol–water partition coefficient (Wildman–Crippen LogP) is 4.68. The van der Waals surface area contributed by atoms with Crippen LogP contribution in [0.3, 0.4) is 0 Å². The van der Waals surface area contributed by atoms with Crippen molar-refractivity contribution < 1.29 is 14.2 Å². The van der Waals surface area contributed by atoms with Gasteiger partial charge in [0.25, 0.3) is 0 Å². The monoisotopic (exact) mass is 313 g/mol. The van der Waals surface area contributed by atoms with Gasteiger partial charge >= 0.3 is 0 Å². The lowest BCUT2D eigenvalue weighted by Crippen LogP contribution is -2.21. The number of fused-ring (bicyclic) bond motifs is 1. The Morgan fingerprint density at radius 3 is 2.61 bits per heavy atom. The van der Waals surface area contributed by atoms with Crippen LogP contribution in [0.5, 0.6) is 17.4 Å². The van der Waals surface area contributed by atoms with Crippen LogP contribution in [0, 0.1) is 0 Å². The Hall–Kier alpha value is -2.07. The zero-order valence-corrected chi connectivity index (χ0v) is 14.1. The number of ether oxygens (including phenoxy) is 3. The zero-order valence-electron chi connectivity index (χ0n) is 14.1. The van der Waals surface area contributed by atoms with E-state index in [0.717, 1.165) is 18.6 Å². The van der Waals surface area contributed by atoms with Crippen LogP contribution in [0.1, 0.15) is 44.4 Å². The van der Waals surface area contributed by atoms with Gasteiger partial charge in [0, 0.05) is 11.6 Å². The molecule has 1 unspecified atom stereocenters. The highest BCUT2D eigenvalue weighted by Gasteiger charge is 2.29. The van der Waals surface area contributed by atoms with Gasteiger partial charge in [0.2, 0.25) is 5.88 Å². The second kappa shape index (κ2) is 6.20. The SMILES string of the molecule is COc1ccc(Oc2cccc3c2CCC3OC(C)(C)C)nc1. The first-order chi connectivity index (χ1) is 11.0. The molecule has 0 N–H and O–H groups in total. The molecule has 0 saturated heterocycles. The molecule has 1 atom stereocenters. The van der Waals surface area contributed by atoms with Crippen molar-refractivity contribution in [3.05, 3.63) is 47.7 Å². The summed E-state index contributed by atoms with van der Waals surface area (Å²) in [5.41, 5.74) is 2.30. The molecule has 0 aliphatic heterocycles. The first kappa shape index (κ1) is 15.8. The second-order valence-electron chi connectivity index (χ2n) is 6.72. The van der Waals surface area contributed by atoms with Gasteiger partial charge in [0.1, 0.15) is 11.5 Å². The topological polar surface area (TPSA) is 40.6 Å². The molecule has 4 heteroatoms. The normalized spacial score (nSPS) is 17.0. The molecule has 0 bridgehead atoms. The van der Waals surface area contributed by atoms with Crippen molar-refractivity contribution in [2.45, 2.75) is 45.3 Å². The number of rotatable bonds is 4. The molecule has 1 aromatic heterocycles. The first-order valence-corrected chi connectivity index (χ1v) is 7.94. The van der Waals surface area contributed by atoms with Gasteiger partial charge in [0.05, 0.1) is 25.0 Å². The van der Waals surface area contributed by atoms with Gasteiger partial charge in [-0.05, 0) is 51.3 Å². The summed E-state index contributed by atoms with van der Waals surface area (Å²) < 4.78 is 17.3. The quantitative estimate of drug-likeness (QED) is 0.821. The van der Waals surface area contributed by atoms with Crippen molar-refractivity contribution >= 4 is 0 Å². The van der Waals surface area contributed by atoms with E-state index in [0.29, 0.717) is 11.6 Å². The molecule has 0 amide bonds. The Kier molecular flexibility index (Phi) is 4.26. The number of methoxy groups -OCH3 is 1. The van der Waals surface area contributed by atoms with Crippen LogP contribution in [0.15, 0.2) is 36.5 Å². The third kappa shape index (κ3) is 3.64. The maximum Gasteiger partial charge on any atom is 0.219 e. The average molecular weight is 313 g/mol. The maximum absolute atomic E-state index is 6.17. The van der Waals surface area contributed by atoms with Crippen molar-refractivity contribution in [3.8, 4) is 17.4 Å². The number of nitrogens with zero attached hydrogens (tertiary/aromatic N) is 1. The minimum absolute atomic E-state index is 0.136. The molecule has 122 valence electrons. The lowest BCUT2D eigenvalue weighted by Gasteiger charge is -2.25. The highest BCUT2D eigenvalue weighted by Crippen LogP contribution is 2.41. The summed E-state index contributed by atoms with van der Waals surface area (Å²) in [5, 5.41) is 0. The molecule has 0 saturated carbocycles. The lowest BCUT2D eigenvalue weighted by molar-refractivity contribution is -0.0605. The molecule has 0 radical (unpaired) electrons. The third-order valence-corrected chi connectivity index (χ3v) is 3.83. The molecule has 2 aromatic rings. The van der Waals surface area contributed by atoms with E-state index < -0.39 is 0 Å². The van der Waals surface area contributed by atoms with Gasteiger partial charge in [-0.25, -0.2) is 4.98 Å². The van der Waals surface area contributed by atoms with Crippen molar-refractivity contribution in [1.29, 1.82) is 0 Å². The van der Waals surface area contributed by atoms with E-state index in [1.54, 1.807) is 13.3 Å². The second-order valence-corrected chi connectivity index (χ2v) is 6.72. The van der Waals surface area contributed by atoms with Crippen molar-refractivity contribution in [3.63, 3.8) is 0 Å². The predicted molar refractivity (Wildman–Crippen MR) is 89.2 cm³/mol.